The zero-order valence-electron chi connectivity index (χ0n) is 11.6. The highest BCUT2D eigenvalue weighted by molar-refractivity contribution is 9.10. The Morgan fingerprint density at radius 2 is 2.05 bits per heavy atom. The van der Waals surface area contributed by atoms with Gasteiger partial charge in [0.1, 0.15) is 15.8 Å². The minimum atomic E-state index is 0.564. The molecule has 0 atom stereocenters. The highest BCUT2D eigenvalue weighted by Crippen LogP contribution is 2.28. The first kappa shape index (κ1) is 13.1. The summed E-state index contributed by atoms with van der Waals surface area (Å²) >= 11 is 3.35. The van der Waals surface area contributed by atoms with Gasteiger partial charge in [0.25, 0.3) is 0 Å². The van der Waals surface area contributed by atoms with Crippen molar-refractivity contribution < 1.29 is 4.42 Å². The maximum absolute atomic E-state index is 5.80. The van der Waals surface area contributed by atoms with Crippen LogP contribution in [0.15, 0.2) is 51.7 Å². The van der Waals surface area contributed by atoms with Crippen molar-refractivity contribution in [3.8, 4) is 22.7 Å². The summed E-state index contributed by atoms with van der Waals surface area (Å²) in [7, 11) is 1.84. The Balaban J connectivity index is 1.81. The molecule has 3 aromatic heterocycles. The lowest BCUT2D eigenvalue weighted by Crippen LogP contribution is -1.85. The number of halogens is 1. The van der Waals surface area contributed by atoms with Crippen LogP contribution in [0.25, 0.3) is 33.8 Å². The fourth-order valence-corrected chi connectivity index (χ4v) is 2.59. The normalized spacial score (nSPS) is 11.2. The van der Waals surface area contributed by atoms with Crippen LogP contribution in [0.2, 0.25) is 0 Å². The lowest BCUT2D eigenvalue weighted by Gasteiger charge is -1.94. The maximum Gasteiger partial charge on any atom is 0.227 e. The zero-order valence-corrected chi connectivity index (χ0v) is 13.1. The second-order valence-corrected chi connectivity index (χ2v) is 5.66. The van der Waals surface area contributed by atoms with Gasteiger partial charge in [-0.15, -0.1) is 5.10 Å². The second kappa shape index (κ2) is 5.03. The molecule has 22 heavy (non-hydrogen) atoms. The number of aryl methyl sites for hydroxylation is 1. The molecule has 4 aromatic rings. The molecule has 0 amide bonds. The number of hydrogen-bond acceptors (Lipinski definition) is 5. The van der Waals surface area contributed by atoms with Crippen LogP contribution in [-0.2, 0) is 7.05 Å². The van der Waals surface area contributed by atoms with Crippen molar-refractivity contribution in [2.45, 2.75) is 0 Å². The average molecular weight is 356 g/mol. The number of benzene rings is 1. The molecule has 0 N–H and O–H groups in total. The molecule has 0 unspecified atom stereocenters. The molecule has 3 heterocycles. The van der Waals surface area contributed by atoms with Gasteiger partial charge in [-0.3, -0.25) is 4.68 Å². The van der Waals surface area contributed by atoms with Crippen LogP contribution in [0.5, 0.6) is 0 Å². The third-order valence-electron chi connectivity index (χ3n) is 3.26. The summed E-state index contributed by atoms with van der Waals surface area (Å²) in [6, 6.07) is 9.52. The highest BCUT2D eigenvalue weighted by atomic mass is 79.9. The second-order valence-electron chi connectivity index (χ2n) is 4.85. The lowest BCUT2D eigenvalue weighted by molar-refractivity contribution is 0.619. The molecule has 0 fully saturated rings. The lowest BCUT2D eigenvalue weighted by atomic mass is 10.1. The first-order valence-corrected chi connectivity index (χ1v) is 7.37. The minimum Gasteiger partial charge on any atom is -0.436 e. The molecule has 108 valence electrons. The molecule has 0 aliphatic rings. The standard InChI is InChI=1S/C15H10BrN5O/c1-21-8-12(19-20-21)9-2-3-13-11(6-9)18-15(22-13)10-4-5-17-14(16)7-10/h2-8H,1H3. The third kappa shape index (κ3) is 2.29. The summed E-state index contributed by atoms with van der Waals surface area (Å²) < 4.78 is 8.22. The Hall–Kier alpha value is -2.54. The van der Waals surface area contributed by atoms with Gasteiger partial charge in [-0.25, -0.2) is 9.97 Å². The fourth-order valence-electron chi connectivity index (χ4n) is 2.23. The van der Waals surface area contributed by atoms with Crippen LogP contribution in [0.3, 0.4) is 0 Å². The van der Waals surface area contributed by atoms with Crippen molar-refractivity contribution in [2.75, 3.05) is 0 Å². The molecule has 7 heteroatoms. The van der Waals surface area contributed by atoms with Gasteiger partial charge >= 0.3 is 0 Å². The number of aromatic nitrogens is 5. The molecule has 0 saturated carbocycles. The van der Waals surface area contributed by atoms with Crippen molar-refractivity contribution in [2.24, 2.45) is 7.05 Å². The minimum absolute atomic E-state index is 0.564. The van der Waals surface area contributed by atoms with E-state index in [1.807, 2.05) is 43.6 Å². The van der Waals surface area contributed by atoms with Gasteiger partial charge in [-0.05, 0) is 46.3 Å². The van der Waals surface area contributed by atoms with Crippen LogP contribution in [0.4, 0.5) is 0 Å². The Bertz CT molecular complexity index is 975. The Morgan fingerprint density at radius 1 is 1.14 bits per heavy atom. The topological polar surface area (TPSA) is 69.6 Å². The number of pyridine rings is 1. The average Bonchev–Trinajstić information content (AvgIpc) is 3.12. The monoisotopic (exact) mass is 355 g/mol. The van der Waals surface area contributed by atoms with E-state index in [1.165, 1.54) is 0 Å². The Kier molecular flexibility index (Phi) is 3.00. The number of hydrogen-bond donors (Lipinski definition) is 0. The molecule has 0 aliphatic carbocycles. The maximum atomic E-state index is 5.80. The smallest absolute Gasteiger partial charge is 0.227 e. The van der Waals surface area contributed by atoms with Crippen LogP contribution < -0.4 is 0 Å². The van der Waals surface area contributed by atoms with E-state index in [1.54, 1.807) is 10.9 Å². The Labute approximate surface area is 133 Å². The predicted octanol–water partition coefficient (Wildman–Crippen LogP) is 3.45. The molecule has 0 spiro atoms. The van der Waals surface area contributed by atoms with Crippen LogP contribution in [0, 0.1) is 0 Å². The van der Waals surface area contributed by atoms with Crippen molar-refractivity contribution in [3.63, 3.8) is 0 Å². The first-order chi connectivity index (χ1) is 10.7. The summed E-state index contributed by atoms with van der Waals surface area (Å²) in [5, 5.41) is 8.06. The molecule has 0 radical (unpaired) electrons. The molecule has 4 rings (SSSR count). The van der Waals surface area contributed by atoms with Crippen LogP contribution in [-0.4, -0.2) is 25.0 Å². The molecule has 0 aliphatic heterocycles. The van der Waals surface area contributed by atoms with Gasteiger partial charge in [0.15, 0.2) is 5.58 Å². The van der Waals surface area contributed by atoms with E-state index in [-0.39, 0.29) is 0 Å². The van der Waals surface area contributed by atoms with E-state index in [4.69, 9.17) is 4.42 Å². The molecule has 6 nitrogen and oxygen atoms in total. The summed E-state index contributed by atoms with van der Waals surface area (Å²) in [5.41, 5.74) is 4.15. The van der Waals surface area contributed by atoms with E-state index in [9.17, 15) is 0 Å². The highest BCUT2D eigenvalue weighted by Gasteiger charge is 2.11. The number of fused-ring (bicyclic) bond motifs is 1. The van der Waals surface area contributed by atoms with Crippen molar-refractivity contribution in [1.29, 1.82) is 0 Å². The summed E-state index contributed by atoms with van der Waals surface area (Å²) in [6.07, 6.45) is 3.57. The molecular weight excluding hydrogens is 346 g/mol. The summed E-state index contributed by atoms with van der Waals surface area (Å²) in [6.45, 7) is 0. The van der Waals surface area contributed by atoms with Gasteiger partial charge in [-0.1, -0.05) is 5.21 Å². The van der Waals surface area contributed by atoms with E-state index >= 15 is 0 Å². The SMILES string of the molecule is Cn1cc(-c2ccc3oc(-c4ccnc(Br)c4)nc3c2)nn1. The predicted molar refractivity (Wildman–Crippen MR) is 84.9 cm³/mol. The fraction of sp³-hybridized carbons (Fsp3) is 0.0667. The van der Waals surface area contributed by atoms with E-state index in [2.05, 4.69) is 36.2 Å². The van der Waals surface area contributed by atoms with Gasteiger partial charge in [0.05, 0.1) is 6.20 Å². The molecule has 0 saturated heterocycles. The molecule has 0 bridgehead atoms. The van der Waals surface area contributed by atoms with Crippen LogP contribution >= 0.6 is 15.9 Å². The zero-order chi connectivity index (χ0) is 15.1. The number of rotatable bonds is 2. The van der Waals surface area contributed by atoms with Gasteiger partial charge in [-0.2, -0.15) is 0 Å². The van der Waals surface area contributed by atoms with Crippen molar-refractivity contribution in [3.05, 3.63) is 47.3 Å². The molecular formula is C15H10BrN5O. The van der Waals surface area contributed by atoms with Crippen molar-refractivity contribution in [1.82, 2.24) is 25.0 Å². The van der Waals surface area contributed by atoms with Crippen molar-refractivity contribution >= 4 is 27.0 Å². The number of nitrogens with zero attached hydrogens (tertiary/aromatic N) is 5. The molecule has 1 aromatic carbocycles. The van der Waals surface area contributed by atoms with Gasteiger partial charge < -0.3 is 4.42 Å². The summed E-state index contributed by atoms with van der Waals surface area (Å²) in [4.78, 5) is 8.65. The van der Waals surface area contributed by atoms with Crippen LogP contribution in [0.1, 0.15) is 0 Å². The van der Waals surface area contributed by atoms with Gasteiger partial charge in [0, 0.05) is 24.4 Å². The summed E-state index contributed by atoms with van der Waals surface area (Å²) in [5.74, 6) is 0.564. The van der Waals surface area contributed by atoms with E-state index in [0.717, 1.165) is 32.5 Å². The Morgan fingerprint density at radius 3 is 2.82 bits per heavy atom. The number of oxazole rings is 1. The van der Waals surface area contributed by atoms with Gasteiger partial charge in [0.2, 0.25) is 5.89 Å². The van der Waals surface area contributed by atoms with E-state index < -0.39 is 0 Å². The third-order valence-corrected chi connectivity index (χ3v) is 3.69. The quantitative estimate of drug-likeness (QED) is 0.515. The van der Waals surface area contributed by atoms with E-state index in [0.29, 0.717) is 5.89 Å². The largest absolute Gasteiger partial charge is 0.436 e. The first-order valence-electron chi connectivity index (χ1n) is 6.58.